The van der Waals surface area contributed by atoms with Gasteiger partial charge in [-0.2, -0.15) is 0 Å². The molecule has 3 rings (SSSR count). The molecule has 0 spiro atoms. The van der Waals surface area contributed by atoms with E-state index < -0.39 is 0 Å². The number of hydrogen-bond donors (Lipinski definition) is 0. The van der Waals surface area contributed by atoms with Crippen LogP contribution in [0.15, 0.2) is 24.9 Å². The van der Waals surface area contributed by atoms with Gasteiger partial charge in [-0.05, 0) is 12.8 Å². The highest BCUT2D eigenvalue weighted by Crippen LogP contribution is 2.25. The number of piperidine rings is 1. The Morgan fingerprint density at radius 1 is 1.17 bits per heavy atom. The average molecular weight is 314 g/mol. The fourth-order valence-electron chi connectivity index (χ4n) is 2.72. The molecule has 1 saturated heterocycles. The summed E-state index contributed by atoms with van der Waals surface area (Å²) in [6, 6.07) is 0.301. The Bertz CT molecular complexity index is 667. The Hall–Kier alpha value is -2.31. The van der Waals surface area contributed by atoms with Crippen LogP contribution in [0.4, 0.5) is 0 Å². The number of hydrogen-bond acceptors (Lipinski definition) is 5. The van der Waals surface area contributed by atoms with Crippen LogP contribution in [-0.4, -0.2) is 48.9 Å². The molecule has 0 unspecified atom stereocenters. The summed E-state index contributed by atoms with van der Waals surface area (Å²) in [5.74, 6) is -0.00183. The van der Waals surface area contributed by atoms with Gasteiger partial charge in [0.05, 0.1) is 17.3 Å². The summed E-state index contributed by atoms with van der Waals surface area (Å²) in [6.45, 7) is 7.81. The molecule has 1 amide bonds. The first-order chi connectivity index (χ1) is 10.9. The van der Waals surface area contributed by atoms with Gasteiger partial charge < -0.3 is 4.90 Å². The van der Waals surface area contributed by atoms with E-state index in [2.05, 4.69) is 41.1 Å². The molecule has 1 aliphatic heterocycles. The van der Waals surface area contributed by atoms with Crippen molar-refractivity contribution in [2.24, 2.45) is 0 Å². The highest BCUT2D eigenvalue weighted by molar-refractivity contribution is 5.93. The maximum absolute atomic E-state index is 12.4. The molecule has 23 heavy (non-hydrogen) atoms. The predicted molar refractivity (Wildman–Crippen MR) is 84.9 cm³/mol. The summed E-state index contributed by atoms with van der Waals surface area (Å²) in [5.41, 5.74) is 1.54. The van der Waals surface area contributed by atoms with Gasteiger partial charge in [0.25, 0.3) is 5.91 Å². The fraction of sp³-hybridized carbons (Fsp3) is 0.562. The van der Waals surface area contributed by atoms with E-state index in [9.17, 15) is 4.79 Å². The van der Waals surface area contributed by atoms with Gasteiger partial charge in [-0.15, -0.1) is 5.10 Å². The highest BCUT2D eigenvalue weighted by Gasteiger charge is 2.27. The Balaban J connectivity index is 1.62. The van der Waals surface area contributed by atoms with Crippen molar-refractivity contribution < 1.29 is 4.79 Å². The van der Waals surface area contributed by atoms with Crippen molar-refractivity contribution in [3.63, 3.8) is 0 Å². The standard InChI is InChI=1S/C16H22N6O/c1-16(2,3)14-10-22(20-19-14)13-4-6-21(7-5-13)15(23)12-8-17-11-18-9-12/h8-11,13H,4-7H2,1-3H3. The third-order valence-corrected chi connectivity index (χ3v) is 4.21. The van der Waals surface area contributed by atoms with E-state index in [0.717, 1.165) is 18.5 Å². The van der Waals surface area contributed by atoms with Gasteiger partial charge in [0, 0.05) is 37.1 Å². The zero-order chi connectivity index (χ0) is 16.4. The van der Waals surface area contributed by atoms with Crippen molar-refractivity contribution >= 4 is 5.91 Å². The van der Waals surface area contributed by atoms with Crippen LogP contribution in [0.1, 0.15) is 55.7 Å². The molecular weight excluding hydrogens is 292 g/mol. The van der Waals surface area contributed by atoms with Crippen molar-refractivity contribution in [2.75, 3.05) is 13.1 Å². The molecule has 122 valence electrons. The fourth-order valence-corrected chi connectivity index (χ4v) is 2.72. The smallest absolute Gasteiger partial charge is 0.256 e. The van der Waals surface area contributed by atoms with Gasteiger partial charge in [-0.1, -0.05) is 26.0 Å². The second-order valence-electron chi connectivity index (χ2n) is 6.98. The van der Waals surface area contributed by atoms with E-state index in [-0.39, 0.29) is 11.3 Å². The Kier molecular flexibility index (Phi) is 4.11. The van der Waals surface area contributed by atoms with Gasteiger partial charge in [0.2, 0.25) is 0 Å². The molecule has 0 atom stereocenters. The number of likely N-dealkylation sites (tertiary alicyclic amines) is 1. The molecule has 2 aromatic rings. The summed E-state index contributed by atoms with van der Waals surface area (Å²) < 4.78 is 1.95. The number of amides is 1. The van der Waals surface area contributed by atoms with Crippen LogP contribution in [0, 0.1) is 0 Å². The molecule has 1 aliphatic rings. The zero-order valence-corrected chi connectivity index (χ0v) is 13.8. The molecule has 0 radical (unpaired) electrons. The third kappa shape index (κ3) is 3.38. The van der Waals surface area contributed by atoms with Crippen LogP contribution in [0.3, 0.4) is 0 Å². The molecule has 1 fully saturated rings. The first kappa shape index (κ1) is 15.6. The van der Waals surface area contributed by atoms with E-state index in [1.807, 2.05) is 15.8 Å². The Morgan fingerprint density at radius 3 is 2.39 bits per heavy atom. The lowest BCUT2D eigenvalue weighted by Gasteiger charge is -2.31. The number of nitrogens with zero attached hydrogens (tertiary/aromatic N) is 6. The van der Waals surface area contributed by atoms with Gasteiger partial charge >= 0.3 is 0 Å². The van der Waals surface area contributed by atoms with Crippen molar-refractivity contribution in [3.05, 3.63) is 36.2 Å². The van der Waals surface area contributed by atoms with Crippen LogP contribution < -0.4 is 0 Å². The lowest BCUT2D eigenvalue weighted by Crippen LogP contribution is -2.39. The molecular formula is C16H22N6O. The van der Waals surface area contributed by atoms with Gasteiger partial charge in [-0.25, -0.2) is 14.6 Å². The number of aromatic nitrogens is 5. The molecule has 3 heterocycles. The summed E-state index contributed by atoms with van der Waals surface area (Å²) in [6.07, 6.45) is 8.36. The predicted octanol–water partition coefficient (Wildman–Crippen LogP) is 1.84. The number of carbonyl (C=O) groups excluding carboxylic acids is 1. The quantitative estimate of drug-likeness (QED) is 0.845. The molecule has 0 bridgehead atoms. The highest BCUT2D eigenvalue weighted by atomic mass is 16.2. The van der Waals surface area contributed by atoms with Crippen LogP contribution in [0.2, 0.25) is 0 Å². The molecule has 7 heteroatoms. The molecule has 0 N–H and O–H groups in total. The summed E-state index contributed by atoms with van der Waals surface area (Å²) in [7, 11) is 0. The van der Waals surface area contributed by atoms with Crippen LogP contribution >= 0.6 is 0 Å². The Morgan fingerprint density at radius 2 is 1.83 bits per heavy atom. The number of rotatable bonds is 2. The van der Waals surface area contributed by atoms with E-state index in [4.69, 9.17) is 0 Å². The van der Waals surface area contributed by atoms with Crippen LogP contribution in [0.5, 0.6) is 0 Å². The molecule has 7 nitrogen and oxygen atoms in total. The summed E-state index contributed by atoms with van der Waals surface area (Å²) in [4.78, 5) is 22.1. The van der Waals surface area contributed by atoms with Crippen molar-refractivity contribution in [2.45, 2.75) is 45.1 Å². The van der Waals surface area contributed by atoms with Gasteiger partial charge in [-0.3, -0.25) is 4.79 Å². The Labute approximate surface area is 135 Å². The first-order valence-electron chi connectivity index (χ1n) is 7.92. The minimum atomic E-state index is -0.00183. The molecule has 0 aliphatic carbocycles. The van der Waals surface area contributed by atoms with E-state index in [0.29, 0.717) is 24.7 Å². The van der Waals surface area contributed by atoms with Crippen LogP contribution in [-0.2, 0) is 5.41 Å². The maximum atomic E-state index is 12.4. The maximum Gasteiger partial charge on any atom is 0.256 e. The lowest BCUT2D eigenvalue weighted by atomic mass is 9.93. The third-order valence-electron chi connectivity index (χ3n) is 4.21. The average Bonchev–Trinajstić information content (AvgIpc) is 3.05. The minimum Gasteiger partial charge on any atom is -0.338 e. The first-order valence-corrected chi connectivity index (χ1v) is 7.92. The van der Waals surface area contributed by atoms with Crippen molar-refractivity contribution in [3.8, 4) is 0 Å². The second-order valence-corrected chi connectivity index (χ2v) is 6.98. The molecule has 0 saturated carbocycles. The zero-order valence-electron chi connectivity index (χ0n) is 13.8. The summed E-state index contributed by atoms with van der Waals surface area (Å²) >= 11 is 0. The minimum absolute atomic E-state index is 0.00183. The number of carbonyl (C=O) groups is 1. The molecule has 0 aromatic carbocycles. The second kappa shape index (κ2) is 6.06. The topological polar surface area (TPSA) is 76.8 Å². The monoisotopic (exact) mass is 314 g/mol. The normalized spacial score (nSPS) is 16.6. The largest absolute Gasteiger partial charge is 0.338 e. The van der Waals surface area contributed by atoms with Crippen LogP contribution in [0.25, 0.3) is 0 Å². The van der Waals surface area contributed by atoms with Crippen molar-refractivity contribution in [1.29, 1.82) is 0 Å². The van der Waals surface area contributed by atoms with Crippen molar-refractivity contribution in [1.82, 2.24) is 29.9 Å². The lowest BCUT2D eigenvalue weighted by molar-refractivity contribution is 0.0688. The molecule has 2 aromatic heterocycles. The van der Waals surface area contributed by atoms with Gasteiger partial charge in [0.15, 0.2) is 0 Å². The van der Waals surface area contributed by atoms with E-state index in [1.165, 1.54) is 6.33 Å². The summed E-state index contributed by atoms with van der Waals surface area (Å²) in [5, 5.41) is 8.56. The van der Waals surface area contributed by atoms with E-state index >= 15 is 0 Å². The SMILES string of the molecule is CC(C)(C)c1cn(C2CCN(C(=O)c3cncnc3)CC2)nn1. The van der Waals surface area contributed by atoms with E-state index in [1.54, 1.807) is 12.4 Å². The van der Waals surface area contributed by atoms with Gasteiger partial charge in [0.1, 0.15) is 6.33 Å².